The molecule has 1 fully saturated rings. The number of ether oxygens (including phenoxy) is 3. The molecule has 1 aromatic carbocycles. The fraction of sp³-hybridized carbons (Fsp3) is 0.407. The predicted octanol–water partition coefficient (Wildman–Crippen LogP) is -2.34. The summed E-state index contributed by atoms with van der Waals surface area (Å²) in [5.74, 6) is -7.44. The Labute approximate surface area is 252 Å². The molecule has 3 heterocycles. The van der Waals surface area contributed by atoms with Gasteiger partial charge in [0, 0.05) is 18.1 Å². The zero-order valence-electron chi connectivity index (χ0n) is 23.0. The molecule has 45 heavy (non-hydrogen) atoms. The number of allylic oxidation sites excluding steroid dienone is 2. The Kier molecular flexibility index (Phi) is 9.72. The van der Waals surface area contributed by atoms with E-state index in [-0.39, 0.29) is 35.5 Å². The van der Waals surface area contributed by atoms with Gasteiger partial charge in [0.25, 0.3) is 6.04 Å². The fourth-order valence-corrected chi connectivity index (χ4v) is 4.91. The second-order valence-corrected chi connectivity index (χ2v) is 10.3. The van der Waals surface area contributed by atoms with Crippen LogP contribution in [0.15, 0.2) is 35.6 Å². The third-order valence-electron chi connectivity index (χ3n) is 7.17. The summed E-state index contributed by atoms with van der Waals surface area (Å²) in [6, 6.07) is -0.0385. The Bertz CT molecular complexity index is 1500. The number of phenolic OH excluding ortho intramolecular Hbond substituents is 1. The van der Waals surface area contributed by atoms with Gasteiger partial charge in [-0.25, -0.2) is 14.4 Å². The first-order valence-corrected chi connectivity index (χ1v) is 13.2. The van der Waals surface area contributed by atoms with Crippen LogP contribution in [0.4, 0.5) is 5.69 Å². The number of nitrogens with zero attached hydrogens (tertiary/aromatic N) is 1. The second-order valence-electron chi connectivity index (χ2n) is 10.3. The van der Waals surface area contributed by atoms with Gasteiger partial charge in [-0.3, -0.25) is 9.59 Å². The van der Waals surface area contributed by atoms with Gasteiger partial charge in [0.2, 0.25) is 12.0 Å². The molecule has 0 spiro atoms. The highest BCUT2D eigenvalue weighted by Crippen LogP contribution is 2.40. The van der Waals surface area contributed by atoms with Crippen LogP contribution in [0.3, 0.4) is 0 Å². The van der Waals surface area contributed by atoms with Gasteiger partial charge < -0.3 is 60.4 Å². The van der Waals surface area contributed by atoms with Gasteiger partial charge in [0.05, 0.1) is 12.5 Å². The number of benzene rings is 1. The van der Waals surface area contributed by atoms with Gasteiger partial charge in [0.1, 0.15) is 49.2 Å². The molecule has 4 rings (SSSR count). The molecule has 18 nitrogen and oxygen atoms in total. The van der Waals surface area contributed by atoms with Crippen molar-refractivity contribution in [3.63, 3.8) is 0 Å². The Hall–Kier alpha value is -5.04. The lowest BCUT2D eigenvalue weighted by Gasteiger charge is -2.39. The quantitative estimate of drug-likeness (QED) is 0.0738. The van der Waals surface area contributed by atoms with Crippen LogP contribution in [0, 0.1) is 0 Å². The van der Waals surface area contributed by atoms with Crippen LogP contribution >= 0.6 is 0 Å². The second kappa shape index (κ2) is 13.3. The van der Waals surface area contributed by atoms with E-state index >= 15 is 0 Å². The van der Waals surface area contributed by atoms with Crippen molar-refractivity contribution in [2.45, 2.75) is 62.1 Å². The summed E-state index contributed by atoms with van der Waals surface area (Å²) in [5, 5.41) is 81.2. The van der Waals surface area contributed by atoms with Gasteiger partial charge in [-0.1, -0.05) is 0 Å². The van der Waals surface area contributed by atoms with Crippen molar-refractivity contribution < 1.29 is 83.6 Å². The van der Waals surface area contributed by atoms with Crippen LogP contribution in [0.5, 0.6) is 11.5 Å². The highest BCUT2D eigenvalue weighted by atomic mass is 16.7. The van der Waals surface area contributed by atoms with Crippen molar-refractivity contribution in [2.24, 2.45) is 0 Å². The van der Waals surface area contributed by atoms with E-state index in [1.54, 1.807) is 0 Å². The normalized spacial score (nSPS) is 29.3. The molecular formula is C27H29N2O16+. The number of fused-ring (bicyclic) bond motifs is 1. The number of hydrogen-bond acceptors (Lipinski definition) is 13. The zero-order chi connectivity index (χ0) is 33.2. The maximum Gasteiger partial charge on any atom is 0.373 e. The molecule has 1 aromatic rings. The molecule has 0 aromatic heterocycles. The van der Waals surface area contributed by atoms with Gasteiger partial charge >= 0.3 is 29.8 Å². The van der Waals surface area contributed by atoms with E-state index in [9.17, 15) is 59.7 Å². The van der Waals surface area contributed by atoms with Crippen LogP contribution < -0.4 is 10.1 Å². The Balaban J connectivity index is 1.59. The largest absolute Gasteiger partial charge is 0.504 e. The Morgan fingerprint density at radius 1 is 0.978 bits per heavy atom. The van der Waals surface area contributed by atoms with Crippen LogP contribution in [-0.4, -0.2) is 131 Å². The molecule has 242 valence electrons. The van der Waals surface area contributed by atoms with Crippen LogP contribution in [0.1, 0.15) is 18.4 Å². The number of phenols is 1. The smallest absolute Gasteiger partial charge is 0.373 e. The third kappa shape index (κ3) is 7.37. The number of esters is 1. The van der Waals surface area contributed by atoms with E-state index in [1.165, 1.54) is 29.0 Å². The summed E-state index contributed by atoms with van der Waals surface area (Å²) < 4.78 is 17.0. The molecule has 0 radical (unpaired) electrons. The molecule has 0 saturated carbocycles. The molecule has 18 heteroatoms. The molecule has 0 bridgehead atoms. The number of rotatable bonds is 10. The molecule has 7 atom stereocenters. The topological polar surface area (TPSA) is 290 Å². The number of carbonyl (C=O) groups excluding carboxylic acids is 1. The van der Waals surface area contributed by atoms with Gasteiger partial charge in [-0.2, -0.15) is 4.58 Å². The van der Waals surface area contributed by atoms with Crippen molar-refractivity contribution in [1.82, 2.24) is 5.32 Å². The zero-order valence-corrected chi connectivity index (χ0v) is 23.0. The number of hydrogen-bond donors (Lipinski definition) is 9. The average Bonchev–Trinajstić information content (AvgIpc) is 3.32. The lowest BCUT2D eigenvalue weighted by atomic mass is 9.99. The van der Waals surface area contributed by atoms with E-state index in [4.69, 9.17) is 19.3 Å². The van der Waals surface area contributed by atoms with Crippen LogP contribution in [0.25, 0.3) is 0 Å². The summed E-state index contributed by atoms with van der Waals surface area (Å²) in [4.78, 5) is 57.2. The highest BCUT2D eigenvalue weighted by molar-refractivity contribution is 5.90. The minimum Gasteiger partial charge on any atom is -0.504 e. The van der Waals surface area contributed by atoms with Crippen molar-refractivity contribution >= 4 is 41.7 Å². The lowest BCUT2D eigenvalue weighted by molar-refractivity contribution is -0.456. The van der Waals surface area contributed by atoms with Gasteiger partial charge in [-0.05, 0) is 17.7 Å². The highest BCUT2D eigenvalue weighted by Gasteiger charge is 2.46. The number of aliphatic hydroxyl groups is 3. The molecule has 3 aliphatic rings. The van der Waals surface area contributed by atoms with Crippen molar-refractivity contribution in [1.29, 1.82) is 0 Å². The van der Waals surface area contributed by atoms with Crippen molar-refractivity contribution in [2.75, 3.05) is 6.61 Å². The summed E-state index contributed by atoms with van der Waals surface area (Å²) >= 11 is 0. The van der Waals surface area contributed by atoms with Crippen molar-refractivity contribution in [3.05, 3.63) is 41.1 Å². The van der Waals surface area contributed by atoms with Crippen molar-refractivity contribution in [3.8, 4) is 11.5 Å². The molecule has 3 aliphatic heterocycles. The fourth-order valence-electron chi connectivity index (χ4n) is 4.91. The van der Waals surface area contributed by atoms with E-state index in [2.05, 4.69) is 5.32 Å². The number of carboxylic acids is 4. The van der Waals surface area contributed by atoms with E-state index in [1.807, 2.05) is 0 Å². The first-order valence-electron chi connectivity index (χ1n) is 13.2. The number of aliphatic carboxylic acids is 4. The Morgan fingerprint density at radius 3 is 2.31 bits per heavy atom. The molecule has 9 N–H and O–H groups in total. The first-order chi connectivity index (χ1) is 21.2. The number of carboxylic acid groups (broad SMARTS) is 4. The molecule has 1 saturated heterocycles. The molecule has 0 unspecified atom stereocenters. The Morgan fingerprint density at radius 2 is 1.69 bits per heavy atom. The standard InChI is InChI=1S/C27H28N2O16/c30-16-7-14-11(5-15(26(41)42)29(14)2-1-10-3-12(24(37)38)28-13(4-10)25(39)40)6-17(16)44-27-23(36)22(35)21(34)18(45-27)9-43-20(33)8-19(31)32/h1-3,6-7,13,15,18,21-23,27,34-36H,4-5,8-9H2,(H5,30,31,32,37,38,39,40,41,42)/p+1/t13-,15+,18-,21-,22+,23-,27-/m1/s1. The van der Waals surface area contributed by atoms with Gasteiger partial charge in [0.15, 0.2) is 17.7 Å². The summed E-state index contributed by atoms with van der Waals surface area (Å²) in [6.45, 7) is -0.708. The number of aromatic hydroxyl groups is 1. The third-order valence-corrected chi connectivity index (χ3v) is 7.17. The van der Waals surface area contributed by atoms with Crippen LogP contribution in [0.2, 0.25) is 0 Å². The minimum absolute atomic E-state index is 0.108. The number of aliphatic hydroxyl groups excluding tert-OH is 3. The first kappa shape index (κ1) is 32.9. The summed E-state index contributed by atoms with van der Waals surface area (Å²) in [5.41, 5.74) is 0.451. The SMILES string of the molecule is O=C(O)CC(=O)OC[C@H]1O[C@@H](Oc2cc3c(cc2O)[N+](=CC=C2C=C(C(=O)O)N[C@@H](C(=O)O)C2)[C@H](C(=O)O)C3)[C@H](O)[C@@H](O)[C@@H]1O. The van der Waals surface area contributed by atoms with E-state index in [0.29, 0.717) is 5.56 Å². The lowest BCUT2D eigenvalue weighted by Crippen LogP contribution is -2.60. The summed E-state index contributed by atoms with van der Waals surface area (Å²) in [6.07, 6.45) is -6.04. The number of nitrogens with one attached hydrogen (secondary N) is 1. The summed E-state index contributed by atoms with van der Waals surface area (Å²) in [7, 11) is 0. The molecular weight excluding hydrogens is 608 g/mol. The van der Waals surface area contributed by atoms with Gasteiger partial charge in [-0.15, -0.1) is 0 Å². The molecule has 0 aliphatic carbocycles. The maximum absolute atomic E-state index is 12.1. The predicted molar refractivity (Wildman–Crippen MR) is 143 cm³/mol. The average molecular weight is 638 g/mol. The van der Waals surface area contributed by atoms with E-state index < -0.39 is 91.4 Å². The monoisotopic (exact) mass is 637 g/mol. The minimum atomic E-state index is -1.87. The van der Waals surface area contributed by atoms with E-state index in [0.717, 1.165) is 6.07 Å². The maximum atomic E-state index is 12.1. The molecule has 0 amide bonds. The number of carbonyl (C=O) groups is 5. The van der Waals surface area contributed by atoms with Crippen LogP contribution in [-0.2, 0) is 39.9 Å².